The molecule has 0 saturated carbocycles. The zero-order valence-corrected chi connectivity index (χ0v) is 12.3. The summed E-state index contributed by atoms with van der Waals surface area (Å²) in [6, 6.07) is 4.95. The number of rotatable bonds is 5. The maximum atomic E-state index is 11.8. The average molecular weight is 335 g/mol. The summed E-state index contributed by atoms with van der Waals surface area (Å²) in [5.41, 5.74) is 6.51. The Labute approximate surface area is 115 Å². The first-order valence-corrected chi connectivity index (χ1v) is 8.01. The van der Waals surface area contributed by atoms with E-state index in [0.29, 0.717) is 15.7 Å². The summed E-state index contributed by atoms with van der Waals surface area (Å²) in [5.74, 6) is -0.333. The van der Waals surface area contributed by atoms with Crippen LogP contribution >= 0.6 is 15.9 Å². The predicted molar refractivity (Wildman–Crippen MR) is 75.2 cm³/mol. The first-order chi connectivity index (χ1) is 8.37. The van der Waals surface area contributed by atoms with Crippen LogP contribution < -0.4 is 11.1 Å². The van der Waals surface area contributed by atoms with Gasteiger partial charge in [-0.3, -0.25) is 4.79 Å². The summed E-state index contributed by atoms with van der Waals surface area (Å²) in [4.78, 5) is 11.8. The Morgan fingerprint density at radius 1 is 1.44 bits per heavy atom. The van der Waals surface area contributed by atoms with Gasteiger partial charge in [0.05, 0.1) is 15.8 Å². The molecular weight excluding hydrogens is 320 g/mol. The molecule has 0 aliphatic rings. The molecule has 0 saturated heterocycles. The lowest BCUT2D eigenvalue weighted by atomic mass is 10.2. The number of nitrogens with one attached hydrogen (secondary N) is 1. The highest BCUT2D eigenvalue weighted by atomic mass is 79.9. The smallest absolute Gasteiger partial charge is 0.252 e. The van der Waals surface area contributed by atoms with E-state index >= 15 is 0 Å². The van der Waals surface area contributed by atoms with Gasteiger partial charge in [-0.25, -0.2) is 8.42 Å². The van der Waals surface area contributed by atoms with Crippen LogP contribution in [-0.2, 0) is 9.84 Å². The summed E-state index contributed by atoms with van der Waals surface area (Å²) in [6.07, 6.45) is 0. The minimum atomic E-state index is -3.07. The maximum absolute atomic E-state index is 11.8. The molecule has 0 aliphatic carbocycles. The minimum Gasteiger partial charge on any atom is -0.398 e. The lowest BCUT2D eigenvalue weighted by Gasteiger charge is -2.08. The van der Waals surface area contributed by atoms with Crippen molar-refractivity contribution < 1.29 is 13.2 Å². The Bertz CT molecular complexity index is 543. The second-order valence-corrected chi connectivity index (χ2v) is 6.97. The van der Waals surface area contributed by atoms with Gasteiger partial charge in [0.2, 0.25) is 0 Å². The van der Waals surface area contributed by atoms with E-state index in [2.05, 4.69) is 21.2 Å². The number of anilines is 1. The number of hydrogen-bond donors (Lipinski definition) is 2. The van der Waals surface area contributed by atoms with Gasteiger partial charge in [0.1, 0.15) is 0 Å². The van der Waals surface area contributed by atoms with E-state index < -0.39 is 9.84 Å². The molecule has 5 nitrogen and oxygen atoms in total. The Hall–Kier alpha value is -1.08. The van der Waals surface area contributed by atoms with Crippen molar-refractivity contribution in [2.45, 2.75) is 6.92 Å². The minimum absolute atomic E-state index is 0.0603. The third-order valence-corrected chi connectivity index (χ3v) is 5.00. The van der Waals surface area contributed by atoms with Crippen LogP contribution in [0.15, 0.2) is 22.7 Å². The van der Waals surface area contributed by atoms with Crippen molar-refractivity contribution in [1.82, 2.24) is 5.32 Å². The quantitative estimate of drug-likeness (QED) is 0.791. The monoisotopic (exact) mass is 334 g/mol. The largest absolute Gasteiger partial charge is 0.398 e. The van der Waals surface area contributed by atoms with Gasteiger partial charge in [-0.15, -0.1) is 0 Å². The highest BCUT2D eigenvalue weighted by Gasteiger charge is 2.13. The van der Waals surface area contributed by atoms with Crippen molar-refractivity contribution in [3.05, 3.63) is 28.2 Å². The van der Waals surface area contributed by atoms with Gasteiger partial charge >= 0.3 is 0 Å². The molecule has 7 heteroatoms. The van der Waals surface area contributed by atoms with Crippen molar-refractivity contribution >= 4 is 37.4 Å². The molecule has 1 aromatic rings. The van der Waals surface area contributed by atoms with Crippen molar-refractivity contribution in [1.29, 1.82) is 0 Å². The maximum Gasteiger partial charge on any atom is 0.252 e. The van der Waals surface area contributed by atoms with Crippen molar-refractivity contribution in [2.75, 3.05) is 23.8 Å². The number of amides is 1. The number of nitrogen functional groups attached to an aromatic ring is 1. The molecule has 0 aromatic heterocycles. The Kier molecular flexibility index (Phi) is 5.15. The van der Waals surface area contributed by atoms with Crippen LogP contribution in [0.1, 0.15) is 17.3 Å². The molecule has 0 fully saturated rings. The van der Waals surface area contributed by atoms with E-state index in [4.69, 9.17) is 5.73 Å². The number of hydrogen-bond acceptors (Lipinski definition) is 4. The van der Waals surface area contributed by atoms with E-state index in [9.17, 15) is 13.2 Å². The molecule has 1 rings (SSSR count). The molecule has 0 radical (unpaired) electrons. The first-order valence-electron chi connectivity index (χ1n) is 5.40. The summed E-state index contributed by atoms with van der Waals surface area (Å²) in [6.45, 7) is 1.67. The molecule has 0 unspecified atom stereocenters. The SMILES string of the molecule is CCS(=O)(=O)CCNC(=O)c1cccc(N)c1Br. The Morgan fingerprint density at radius 2 is 2.11 bits per heavy atom. The number of sulfone groups is 1. The lowest BCUT2D eigenvalue weighted by Crippen LogP contribution is -2.29. The second-order valence-electron chi connectivity index (χ2n) is 3.70. The fraction of sp³-hybridized carbons (Fsp3) is 0.364. The standard InChI is InChI=1S/C11H15BrN2O3S/c1-2-18(16,17)7-6-14-11(15)8-4-3-5-9(13)10(8)12/h3-5H,2,6-7,13H2,1H3,(H,14,15). The fourth-order valence-electron chi connectivity index (χ4n) is 1.28. The molecule has 0 bridgehead atoms. The molecule has 1 aromatic carbocycles. The van der Waals surface area contributed by atoms with Crippen LogP contribution in [-0.4, -0.2) is 32.4 Å². The normalized spacial score (nSPS) is 11.2. The number of benzene rings is 1. The molecule has 0 aliphatic heterocycles. The van der Waals surface area contributed by atoms with Crippen LogP contribution in [0.5, 0.6) is 0 Å². The zero-order valence-electron chi connectivity index (χ0n) is 9.94. The molecule has 18 heavy (non-hydrogen) atoms. The van der Waals surface area contributed by atoms with Gasteiger partial charge < -0.3 is 11.1 Å². The Balaban J connectivity index is 2.64. The molecule has 0 spiro atoms. The molecule has 3 N–H and O–H groups in total. The second kappa shape index (κ2) is 6.19. The summed E-state index contributed by atoms with van der Waals surface area (Å²) in [7, 11) is -3.07. The Morgan fingerprint density at radius 3 is 2.72 bits per heavy atom. The van der Waals surface area contributed by atoms with Crippen molar-refractivity contribution in [3.8, 4) is 0 Å². The van der Waals surface area contributed by atoms with Gasteiger partial charge in [0.25, 0.3) is 5.91 Å². The highest BCUT2D eigenvalue weighted by molar-refractivity contribution is 9.10. The molecular formula is C11H15BrN2O3S. The van der Waals surface area contributed by atoms with Gasteiger partial charge in [-0.05, 0) is 28.1 Å². The van der Waals surface area contributed by atoms with Gasteiger partial charge in [0, 0.05) is 18.0 Å². The third-order valence-electron chi connectivity index (χ3n) is 2.41. The van der Waals surface area contributed by atoms with E-state index in [-0.39, 0.29) is 24.0 Å². The van der Waals surface area contributed by atoms with Crippen LogP contribution in [0.4, 0.5) is 5.69 Å². The number of carbonyl (C=O) groups is 1. The zero-order chi connectivity index (χ0) is 13.8. The van der Waals surface area contributed by atoms with Crippen LogP contribution in [0.3, 0.4) is 0 Å². The topological polar surface area (TPSA) is 89.3 Å². The van der Waals surface area contributed by atoms with Crippen LogP contribution in [0.25, 0.3) is 0 Å². The number of halogens is 1. The average Bonchev–Trinajstić information content (AvgIpc) is 2.32. The van der Waals surface area contributed by atoms with Gasteiger partial charge in [-0.1, -0.05) is 13.0 Å². The van der Waals surface area contributed by atoms with E-state index in [0.717, 1.165) is 0 Å². The lowest BCUT2D eigenvalue weighted by molar-refractivity contribution is 0.0955. The van der Waals surface area contributed by atoms with Crippen LogP contribution in [0, 0.1) is 0 Å². The number of nitrogens with two attached hydrogens (primary N) is 1. The fourth-order valence-corrected chi connectivity index (χ4v) is 2.43. The predicted octanol–water partition coefficient (Wildman–Crippen LogP) is 1.20. The summed E-state index contributed by atoms with van der Waals surface area (Å²) >= 11 is 3.22. The molecule has 0 atom stereocenters. The third kappa shape index (κ3) is 3.99. The van der Waals surface area contributed by atoms with Crippen molar-refractivity contribution in [2.24, 2.45) is 0 Å². The van der Waals surface area contributed by atoms with E-state index in [1.54, 1.807) is 25.1 Å². The molecule has 0 heterocycles. The van der Waals surface area contributed by atoms with Crippen LogP contribution in [0.2, 0.25) is 0 Å². The summed E-state index contributed by atoms with van der Waals surface area (Å²) in [5, 5.41) is 2.55. The highest BCUT2D eigenvalue weighted by Crippen LogP contribution is 2.23. The van der Waals surface area contributed by atoms with E-state index in [1.165, 1.54) is 0 Å². The summed E-state index contributed by atoms with van der Waals surface area (Å²) < 4.78 is 23.0. The van der Waals surface area contributed by atoms with E-state index in [1.807, 2.05) is 0 Å². The van der Waals surface area contributed by atoms with Gasteiger partial charge in [-0.2, -0.15) is 0 Å². The molecule has 1 amide bonds. The number of carbonyl (C=O) groups excluding carboxylic acids is 1. The van der Waals surface area contributed by atoms with Gasteiger partial charge in [0.15, 0.2) is 9.84 Å². The molecule has 100 valence electrons. The van der Waals surface area contributed by atoms with Crippen molar-refractivity contribution in [3.63, 3.8) is 0 Å². The first kappa shape index (κ1) is 15.0.